The second-order valence-electron chi connectivity index (χ2n) is 4.64. The van der Waals surface area contributed by atoms with Gasteiger partial charge in [0.15, 0.2) is 9.84 Å². The van der Waals surface area contributed by atoms with Gasteiger partial charge in [-0.3, -0.25) is 4.99 Å². The Morgan fingerprint density at radius 3 is 2.65 bits per heavy atom. The average Bonchev–Trinajstić information content (AvgIpc) is 2.44. The third-order valence-corrected chi connectivity index (χ3v) is 5.06. The molecule has 3 nitrogen and oxygen atoms in total. The standard InChI is InChI=1S/C15H22ClNO2S/c1-2-3-11-17-13-14-8-4-5-9-15(14)20(18,19)12-7-6-10-16/h4-5,8-9,13H,2-3,6-7,10-12H2,1H3. The number of aliphatic imine (C=N–C) groups is 1. The number of nitrogens with zero attached hydrogens (tertiary/aromatic N) is 1. The lowest BCUT2D eigenvalue weighted by molar-refractivity contribution is 0.592. The lowest BCUT2D eigenvalue weighted by Crippen LogP contribution is -2.09. The normalized spacial score (nSPS) is 12.1. The van der Waals surface area contributed by atoms with Crippen molar-refractivity contribution in [3.63, 3.8) is 0 Å². The largest absolute Gasteiger partial charge is 0.293 e. The molecule has 0 aliphatic carbocycles. The van der Waals surface area contributed by atoms with Crippen molar-refractivity contribution in [2.24, 2.45) is 4.99 Å². The summed E-state index contributed by atoms with van der Waals surface area (Å²) < 4.78 is 24.6. The summed E-state index contributed by atoms with van der Waals surface area (Å²) in [6, 6.07) is 7.03. The molecule has 1 aromatic carbocycles. The van der Waals surface area contributed by atoms with Crippen molar-refractivity contribution in [3.05, 3.63) is 29.8 Å². The molecule has 0 radical (unpaired) electrons. The molecule has 20 heavy (non-hydrogen) atoms. The van der Waals surface area contributed by atoms with Crippen molar-refractivity contribution in [2.75, 3.05) is 18.2 Å². The van der Waals surface area contributed by atoms with Gasteiger partial charge in [0, 0.05) is 24.2 Å². The van der Waals surface area contributed by atoms with E-state index in [4.69, 9.17) is 11.6 Å². The number of halogens is 1. The second-order valence-corrected chi connectivity index (χ2v) is 7.10. The molecule has 0 fully saturated rings. The molecule has 1 aromatic rings. The maximum atomic E-state index is 12.3. The first-order valence-electron chi connectivity index (χ1n) is 6.99. The second kappa shape index (κ2) is 9.14. The predicted molar refractivity (Wildman–Crippen MR) is 85.8 cm³/mol. The molecule has 5 heteroatoms. The minimum Gasteiger partial charge on any atom is -0.293 e. The highest BCUT2D eigenvalue weighted by molar-refractivity contribution is 7.91. The molecular formula is C15H22ClNO2S. The van der Waals surface area contributed by atoms with Crippen LogP contribution in [0.1, 0.15) is 38.2 Å². The fraction of sp³-hybridized carbons (Fsp3) is 0.533. The molecule has 0 spiro atoms. The van der Waals surface area contributed by atoms with Crippen molar-refractivity contribution >= 4 is 27.7 Å². The van der Waals surface area contributed by atoms with Gasteiger partial charge in [-0.2, -0.15) is 0 Å². The molecule has 0 amide bonds. The molecule has 0 saturated carbocycles. The predicted octanol–water partition coefficient (Wildman–Crippen LogP) is 3.70. The van der Waals surface area contributed by atoms with Crippen LogP contribution in [0.2, 0.25) is 0 Å². The zero-order valence-electron chi connectivity index (χ0n) is 11.9. The molecule has 1 rings (SSSR count). The van der Waals surface area contributed by atoms with Gasteiger partial charge in [-0.1, -0.05) is 31.5 Å². The molecule has 112 valence electrons. The van der Waals surface area contributed by atoms with Crippen LogP contribution in [0.3, 0.4) is 0 Å². The van der Waals surface area contributed by atoms with Crippen LogP contribution in [0.4, 0.5) is 0 Å². The Bertz CT molecular complexity index is 526. The Balaban J connectivity index is 2.86. The smallest absolute Gasteiger partial charge is 0.179 e. The van der Waals surface area contributed by atoms with Crippen LogP contribution in [0.15, 0.2) is 34.2 Å². The van der Waals surface area contributed by atoms with Gasteiger partial charge in [0.25, 0.3) is 0 Å². The van der Waals surface area contributed by atoms with Crippen LogP contribution in [-0.2, 0) is 9.84 Å². The van der Waals surface area contributed by atoms with Crippen molar-refractivity contribution in [1.82, 2.24) is 0 Å². The molecule has 0 bridgehead atoms. The number of sulfone groups is 1. The van der Waals surface area contributed by atoms with Crippen molar-refractivity contribution < 1.29 is 8.42 Å². The van der Waals surface area contributed by atoms with E-state index < -0.39 is 9.84 Å². The number of alkyl halides is 1. The lowest BCUT2D eigenvalue weighted by Gasteiger charge is -2.07. The van der Waals surface area contributed by atoms with E-state index in [0.29, 0.717) is 29.2 Å². The molecule has 0 saturated heterocycles. The first-order valence-corrected chi connectivity index (χ1v) is 9.18. The van der Waals surface area contributed by atoms with E-state index in [9.17, 15) is 8.42 Å². The summed E-state index contributed by atoms with van der Waals surface area (Å²) in [7, 11) is -3.26. The first kappa shape index (κ1) is 17.2. The molecule has 0 aromatic heterocycles. The fourth-order valence-corrected chi connectivity index (χ4v) is 3.54. The highest BCUT2D eigenvalue weighted by Gasteiger charge is 2.16. The molecule has 0 aliphatic heterocycles. The number of hydrogen-bond acceptors (Lipinski definition) is 3. The molecule has 0 atom stereocenters. The SMILES string of the molecule is CCCCN=Cc1ccccc1S(=O)(=O)CCCCCl. The van der Waals surface area contributed by atoms with E-state index in [1.807, 2.05) is 6.07 Å². The van der Waals surface area contributed by atoms with Gasteiger partial charge < -0.3 is 0 Å². The van der Waals surface area contributed by atoms with E-state index in [2.05, 4.69) is 11.9 Å². The third-order valence-electron chi connectivity index (χ3n) is 2.92. The zero-order chi connectivity index (χ0) is 14.8. The fourth-order valence-electron chi connectivity index (χ4n) is 1.78. The van der Waals surface area contributed by atoms with Crippen LogP contribution in [0, 0.1) is 0 Å². The van der Waals surface area contributed by atoms with E-state index in [1.165, 1.54) is 0 Å². The topological polar surface area (TPSA) is 46.5 Å². The van der Waals surface area contributed by atoms with Crippen molar-refractivity contribution in [3.8, 4) is 0 Å². The van der Waals surface area contributed by atoms with Crippen LogP contribution in [-0.4, -0.2) is 32.8 Å². The Morgan fingerprint density at radius 2 is 1.95 bits per heavy atom. The van der Waals surface area contributed by atoms with E-state index in [1.54, 1.807) is 24.4 Å². The van der Waals surface area contributed by atoms with Crippen LogP contribution in [0.25, 0.3) is 0 Å². The van der Waals surface area contributed by atoms with Gasteiger partial charge in [-0.25, -0.2) is 8.42 Å². The summed E-state index contributed by atoms with van der Waals surface area (Å²) in [5.74, 6) is 0.634. The molecule has 0 unspecified atom stereocenters. The minimum atomic E-state index is -3.26. The van der Waals surface area contributed by atoms with Crippen LogP contribution in [0.5, 0.6) is 0 Å². The Kier molecular flexibility index (Phi) is 7.85. The summed E-state index contributed by atoms with van der Waals surface area (Å²) in [5, 5.41) is 0. The number of rotatable bonds is 9. The summed E-state index contributed by atoms with van der Waals surface area (Å²) in [6.45, 7) is 2.84. The van der Waals surface area contributed by atoms with E-state index >= 15 is 0 Å². The summed E-state index contributed by atoms with van der Waals surface area (Å²) in [5.41, 5.74) is 0.675. The summed E-state index contributed by atoms with van der Waals surface area (Å²) >= 11 is 5.59. The summed E-state index contributed by atoms with van der Waals surface area (Å²) in [6.07, 6.45) is 5.07. The molecule has 0 heterocycles. The molecule has 0 aliphatic rings. The number of hydrogen-bond donors (Lipinski definition) is 0. The molecule has 0 N–H and O–H groups in total. The molecular weight excluding hydrogens is 294 g/mol. The Hall–Kier alpha value is -0.870. The highest BCUT2D eigenvalue weighted by Crippen LogP contribution is 2.17. The van der Waals surface area contributed by atoms with Crippen molar-refractivity contribution in [2.45, 2.75) is 37.5 Å². The Labute approximate surface area is 127 Å². The van der Waals surface area contributed by atoms with E-state index in [-0.39, 0.29) is 5.75 Å². The van der Waals surface area contributed by atoms with Gasteiger partial charge in [0.1, 0.15) is 0 Å². The van der Waals surface area contributed by atoms with Gasteiger partial charge in [-0.15, -0.1) is 11.6 Å². The monoisotopic (exact) mass is 315 g/mol. The van der Waals surface area contributed by atoms with Crippen molar-refractivity contribution in [1.29, 1.82) is 0 Å². The lowest BCUT2D eigenvalue weighted by atomic mass is 10.2. The van der Waals surface area contributed by atoms with Gasteiger partial charge in [0.2, 0.25) is 0 Å². The maximum absolute atomic E-state index is 12.3. The summed E-state index contributed by atoms with van der Waals surface area (Å²) in [4.78, 5) is 4.66. The van der Waals surface area contributed by atoms with Gasteiger partial charge >= 0.3 is 0 Å². The minimum absolute atomic E-state index is 0.138. The maximum Gasteiger partial charge on any atom is 0.179 e. The number of benzene rings is 1. The van der Waals surface area contributed by atoms with Crippen LogP contribution < -0.4 is 0 Å². The van der Waals surface area contributed by atoms with Gasteiger partial charge in [0.05, 0.1) is 10.6 Å². The van der Waals surface area contributed by atoms with Gasteiger partial charge in [-0.05, 0) is 25.3 Å². The van der Waals surface area contributed by atoms with Crippen LogP contribution >= 0.6 is 11.6 Å². The quantitative estimate of drug-likeness (QED) is 0.396. The zero-order valence-corrected chi connectivity index (χ0v) is 13.5. The average molecular weight is 316 g/mol. The highest BCUT2D eigenvalue weighted by atomic mass is 35.5. The number of unbranched alkanes of at least 4 members (excludes halogenated alkanes) is 2. The first-order chi connectivity index (χ1) is 9.61. The third kappa shape index (κ3) is 5.63. The Morgan fingerprint density at radius 1 is 1.20 bits per heavy atom. The van der Waals surface area contributed by atoms with E-state index in [0.717, 1.165) is 19.4 Å².